The van der Waals surface area contributed by atoms with Gasteiger partial charge in [0.2, 0.25) is 5.91 Å². The van der Waals surface area contributed by atoms with Gasteiger partial charge in [0.1, 0.15) is 12.1 Å². The predicted molar refractivity (Wildman–Crippen MR) is 105 cm³/mol. The van der Waals surface area contributed by atoms with Crippen LogP contribution in [-0.2, 0) is 9.53 Å². The lowest BCUT2D eigenvalue weighted by molar-refractivity contribution is -0.131. The Hall–Kier alpha value is -1.77. The Morgan fingerprint density at radius 1 is 1.25 bits per heavy atom. The highest BCUT2D eigenvalue weighted by molar-refractivity contribution is 5.76. The second-order valence-electron chi connectivity index (χ2n) is 8.11. The molecule has 2 atom stereocenters. The number of ether oxygens (including phenoxy) is 1. The zero-order valence-electron chi connectivity index (χ0n) is 16.6. The molecule has 0 bridgehead atoms. The molecule has 1 amide bonds. The van der Waals surface area contributed by atoms with E-state index in [9.17, 15) is 9.90 Å². The van der Waals surface area contributed by atoms with Gasteiger partial charge in [0.15, 0.2) is 0 Å². The van der Waals surface area contributed by atoms with Crippen molar-refractivity contribution in [1.82, 2.24) is 20.2 Å². The molecular weight excluding hydrogens is 358 g/mol. The van der Waals surface area contributed by atoms with Crippen LogP contribution in [0.3, 0.4) is 0 Å². The number of aliphatic hydroxyl groups excluding tert-OH is 1. The van der Waals surface area contributed by atoms with Gasteiger partial charge in [0, 0.05) is 64.0 Å². The number of nitrogens with zero attached hydrogens (tertiary/aromatic N) is 4. The second-order valence-corrected chi connectivity index (χ2v) is 8.11. The van der Waals surface area contributed by atoms with Gasteiger partial charge in [-0.3, -0.25) is 4.79 Å². The number of carbonyl (C=O) groups is 1. The van der Waals surface area contributed by atoms with Crippen LogP contribution in [0.5, 0.6) is 0 Å². The van der Waals surface area contributed by atoms with Gasteiger partial charge in [-0.2, -0.15) is 0 Å². The first-order valence-corrected chi connectivity index (χ1v) is 10.5. The minimum atomic E-state index is -0.488. The molecule has 1 aliphatic carbocycles. The molecule has 4 rings (SSSR count). The number of anilines is 1. The zero-order valence-corrected chi connectivity index (χ0v) is 16.6. The average molecular weight is 390 g/mol. The fourth-order valence-electron chi connectivity index (χ4n) is 4.56. The second kappa shape index (κ2) is 8.71. The lowest BCUT2D eigenvalue weighted by Gasteiger charge is -2.36. The number of nitrogens with one attached hydrogen (secondary N) is 1. The standard InChI is InChI=1S/C20H31N5O3/c1-14-12-16(26)19-18(14)20(23-13-22-19)25-8-6-24(7-9-25)17(27)2-5-21-15-3-10-28-11-4-15/h13-16,21,26H,2-12H2,1H3/t14-,16-/m1/s1. The molecule has 0 unspecified atom stereocenters. The number of hydrogen-bond acceptors (Lipinski definition) is 7. The fraction of sp³-hybridized carbons (Fsp3) is 0.750. The summed E-state index contributed by atoms with van der Waals surface area (Å²) in [6, 6.07) is 0.482. The van der Waals surface area contributed by atoms with Crippen molar-refractivity contribution in [2.45, 2.75) is 50.7 Å². The first-order valence-electron chi connectivity index (χ1n) is 10.5. The van der Waals surface area contributed by atoms with Gasteiger partial charge in [-0.05, 0) is 25.2 Å². The molecule has 3 heterocycles. The van der Waals surface area contributed by atoms with Crippen molar-refractivity contribution in [3.63, 3.8) is 0 Å². The highest BCUT2D eigenvalue weighted by Crippen LogP contribution is 2.42. The summed E-state index contributed by atoms with van der Waals surface area (Å²) in [5, 5.41) is 13.7. The highest BCUT2D eigenvalue weighted by Gasteiger charge is 2.34. The summed E-state index contributed by atoms with van der Waals surface area (Å²) in [5.41, 5.74) is 1.85. The molecule has 2 fully saturated rings. The number of hydrogen-bond donors (Lipinski definition) is 2. The number of amides is 1. The monoisotopic (exact) mass is 389 g/mol. The minimum absolute atomic E-state index is 0.218. The van der Waals surface area contributed by atoms with E-state index in [0.29, 0.717) is 32.0 Å². The number of piperazine rings is 1. The molecule has 0 spiro atoms. The topological polar surface area (TPSA) is 90.8 Å². The van der Waals surface area contributed by atoms with Crippen LogP contribution >= 0.6 is 0 Å². The number of carbonyl (C=O) groups excluding carboxylic acids is 1. The SMILES string of the molecule is C[C@@H]1C[C@@H](O)c2ncnc(N3CCN(C(=O)CCNC4CCOCC4)CC3)c21. The summed E-state index contributed by atoms with van der Waals surface area (Å²) in [4.78, 5) is 25.5. The van der Waals surface area contributed by atoms with E-state index in [-0.39, 0.29) is 11.8 Å². The number of rotatable bonds is 5. The molecule has 0 saturated carbocycles. The van der Waals surface area contributed by atoms with Crippen molar-refractivity contribution < 1.29 is 14.6 Å². The van der Waals surface area contributed by atoms with Crippen molar-refractivity contribution in [3.05, 3.63) is 17.6 Å². The van der Waals surface area contributed by atoms with E-state index in [4.69, 9.17) is 4.74 Å². The quantitative estimate of drug-likeness (QED) is 0.771. The van der Waals surface area contributed by atoms with E-state index < -0.39 is 6.10 Å². The van der Waals surface area contributed by atoms with Crippen LogP contribution in [0.15, 0.2) is 6.33 Å². The van der Waals surface area contributed by atoms with Crippen molar-refractivity contribution in [1.29, 1.82) is 0 Å². The van der Waals surface area contributed by atoms with Crippen LogP contribution in [-0.4, -0.2) is 77.9 Å². The summed E-state index contributed by atoms with van der Waals surface area (Å²) in [5.74, 6) is 1.41. The number of aromatic nitrogens is 2. The maximum Gasteiger partial charge on any atom is 0.223 e. The van der Waals surface area contributed by atoms with E-state index in [1.807, 2.05) is 4.90 Å². The normalized spacial score (nSPS) is 25.8. The minimum Gasteiger partial charge on any atom is -0.387 e. The predicted octanol–water partition coefficient (Wildman–Crippen LogP) is 0.825. The molecule has 1 aromatic rings. The average Bonchev–Trinajstić information content (AvgIpc) is 3.03. The van der Waals surface area contributed by atoms with Crippen LogP contribution in [0.1, 0.15) is 55.9 Å². The van der Waals surface area contributed by atoms with Crippen LogP contribution < -0.4 is 10.2 Å². The Morgan fingerprint density at radius 2 is 2.00 bits per heavy atom. The third-order valence-corrected chi connectivity index (χ3v) is 6.20. The Bertz CT molecular complexity index is 686. The third-order valence-electron chi connectivity index (χ3n) is 6.20. The molecule has 28 heavy (non-hydrogen) atoms. The molecule has 154 valence electrons. The van der Waals surface area contributed by atoms with E-state index >= 15 is 0 Å². The van der Waals surface area contributed by atoms with Crippen molar-refractivity contribution in [2.24, 2.45) is 0 Å². The number of aliphatic hydroxyl groups is 1. The molecule has 8 heteroatoms. The van der Waals surface area contributed by atoms with Crippen molar-refractivity contribution in [3.8, 4) is 0 Å². The van der Waals surface area contributed by atoms with Gasteiger partial charge in [0.25, 0.3) is 0 Å². The van der Waals surface area contributed by atoms with Gasteiger partial charge in [-0.25, -0.2) is 9.97 Å². The van der Waals surface area contributed by atoms with E-state index in [2.05, 4.69) is 27.1 Å². The Kier molecular flexibility index (Phi) is 6.08. The summed E-state index contributed by atoms with van der Waals surface area (Å²) in [7, 11) is 0. The summed E-state index contributed by atoms with van der Waals surface area (Å²) >= 11 is 0. The molecule has 1 aromatic heterocycles. The van der Waals surface area contributed by atoms with Gasteiger partial charge in [0.05, 0.1) is 11.8 Å². The maximum absolute atomic E-state index is 12.5. The van der Waals surface area contributed by atoms with Crippen LogP contribution in [0.25, 0.3) is 0 Å². The van der Waals surface area contributed by atoms with Gasteiger partial charge >= 0.3 is 0 Å². The van der Waals surface area contributed by atoms with E-state index in [0.717, 1.165) is 62.8 Å². The Labute approximate surface area is 166 Å². The first kappa shape index (κ1) is 19.5. The molecule has 0 aromatic carbocycles. The van der Waals surface area contributed by atoms with E-state index in [1.165, 1.54) is 0 Å². The lowest BCUT2D eigenvalue weighted by Crippen LogP contribution is -2.50. The largest absolute Gasteiger partial charge is 0.387 e. The summed E-state index contributed by atoms with van der Waals surface area (Å²) < 4.78 is 5.37. The number of fused-ring (bicyclic) bond motifs is 1. The van der Waals surface area contributed by atoms with Crippen LogP contribution in [0.2, 0.25) is 0 Å². The van der Waals surface area contributed by atoms with Gasteiger partial charge < -0.3 is 25.0 Å². The molecule has 0 radical (unpaired) electrons. The van der Waals surface area contributed by atoms with Crippen LogP contribution in [0, 0.1) is 0 Å². The molecule has 2 saturated heterocycles. The third kappa shape index (κ3) is 4.14. The van der Waals surface area contributed by atoms with Crippen molar-refractivity contribution >= 4 is 11.7 Å². The lowest BCUT2D eigenvalue weighted by atomic mass is 10.1. The maximum atomic E-state index is 12.5. The van der Waals surface area contributed by atoms with E-state index in [1.54, 1.807) is 6.33 Å². The molecule has 2 aliphatic heterocycles. The van der Waals surface area contributed by atoms with Gasteiger partial charge in [-0.15, -0.1) is 0 Å². The highest BCUT2D eigenvalue weighted by atomic mass is 16.5. The fourth-order valence-corrected chi connectivity index (χ4v) is 4.56. The van der Waals surface area contributed by atoms with Crippen LogP contribution in [0.4, 0.5) is 5.82 Å². The Balaban J connectivity index is 1.27. The molecule has 2 N–H and O–H groups in total. The first-order chi connectivity index (χ1) is 13.6. The summed E-state index contributed by atoms with van der Waals surface area (Å²) in [6.45, 7) is 7.45. The molecule has 3 aliphatic rings. The molecular formula is C20H31N5O3. The smallest absolute Gasteiger partial charge is 0.223 e. The Morgan fingerprint density at radius 3 is 2.75 bits per heavy atom. The van der Waals surface area contributed by atoms with Gasteiger partial charge in [-0.1, -0.05) is 6.92 Å². The zero-order chi connectivity index (χ0) is 19.5. The molecule has 8 nitrogen and oxygen atoms in total. The summed E-state index contributed by atoms with van der Waals surface area (Å²) in [6.07, 6.45) is 4.38. The van der Waals surface area contributed by atoms with Crippen molar-refractivity contribution in [2.75, 3.05) is 50.8 Å².